The second-order valence-electron chi connectivity index (χ2n) is 7.00. The number of carbonyl (C=O) groups excluding carboxylic acids is 1. The fourth-order valence-corrected chi connectivity index (χ4v) is 4.63. The van der Waals surface area contributed by atoms with E-state index in [1.54, 1.807) is 0 Å². The molecule has 3 aromatic rings. The molecule has 1 aliphatic rings. The number of amides is 1. The van der Waals surface area contributed by atoms with Crippen LogP contribution in [0.15, 0.2) is 36.5 Å². The van der Waals surface area contributed by atoms with E-state index >= 15 is 0 Å². The van der Waals surface area contributed by atoms with E-state index in [2.05, 4.69) is 15.6 Å². The molecule has 1 aliphatic heterocycles. The summed E-state index contributed by atoms with van der Waals surface area (Å²) in [5, 5.41) is 7.49. The van der Waals surface area contributed by atoms with Gasteiger partial charge in [-0.2, -0.15) is 13.2 Å². The van der Waals surface area contributed by atoms with Crippen LogP contribution in [0.3, 0.4) is 0 Å². The zero-order valence-electron chi connectivity index (χ0n) is 15.3. The third kappa shape index (κ3) is 4.06. The van der Waals surface area contributed by atoms with Crippen LogP contribution in [0.5, 0.6) is 0 Å². The van der Waals surface area contributed by atoms with Crippen molar-refractivity contribution in [2.75, 3.05) is 18.4 Å². The Bertz CT molecular complexity index is 1040. The molecule has 4 N–H and O–H groups in total. The summed E-state index contributed by atoms with van der Waals surface area (Å²) in [5.41, 5.74) is 5.74. The number of carbonyl (C=O) groups is 1. The summed E-state index contributed by atoms with van der Waals surface area (Å²) in [6, 6.07) is 7.04. The quantitative estimate of drug-likeness (QED) is 0.590. The standard InChI is InChI=1S/C20H19F3N4OS/c21-20(22,23)12-5-3-11(4-6-12)16-8-14-17(29-16)15(18(24)28)10-26-19(14)27-13-2-1-7-25-9-13/h3-6,8,10,13,25H,1-2,7,9H2,(H2,24,28)(H,26,27)/t13-/m0/s1. The first kappa shape index (κ1) is 19.7. The maximum absolute atomic E-state index is 12.8. The van der Waals surface area contributed by atoms with E-state index in [1.165, 1.54) is 29.7 Å². The molecule has 5 nitrogen and oxygen atoms in total. The fraction of sp³-hybridized carbons (Fsp3) is 0.300. The van der Waals surface area contributed by atoms with Gasteiger partial charge in [-0.15, -0.1) is 11.3 Å². The number of hydrogen-bond acceptors (Lipinski definition) is 5. The minimum Gasteiger partial charge on any atom is -0.366 e. The van der Waals surface area contributed by atoms with Gasteiger partial charge in [0.15, 0.2) is 0 Å². The van der Waals surface area contributed by atoms with E-state index < -0.39 is 17.6 Å². The average molecular weight is 420 g/mol. The van der Waals surface area contributed by atoms with Gasteiger partial charge in [0.2, 0.25) is 0 Å². The molecule has 1 fully saturated rings. The van der Waals surface area contributed by atoms with Gasteiger partial charge in [0.25, 0.3) is 5.91 Å². The van der Waals surface area contributed by atoms with Gasteiger partial charge in [0, 0.05) is 29.0 Å². The Morgan fingerprint density at radius 1 is 1.28 bits per heavy atom. The van der Waals surface area contributed by atoms with Crippen molar-refractivity contribution in [3.63, 3.8) is 0 Å². The molecule has 2 aromatic heterocycles. The molecule has 1 aromatic carbocycles. The molecule has 0 radical (unpaired) electrons. The normalized spacial score (nSPS) is 17.4. The zero-order chi connectivity index (χ0) is 20.6. The lowest BCUT2D eigenvalue weighted by atomic mass is 10.1. The number of pyridine rings is 1. The minimum absolute atomic E-state index is 0.216. The van der Waals surface area contributed by atoms with Crippen molar-refractivity contribution >= 4 is 33.1 Å². The van der Waals surface area contributed by atoms with Gasteiger partial charge < -0.3 is 16.4 Å². The number of piperidine rings is 1. The van der Waals surface area contributed by atoms with Crippen molar-refractivity contribution in [1.82, 2.24) is 10.3 Å². The van der Waals surface area contributed by atoms with Crippen LogP contribution in [0, 0.1) is 0 Å². The summed E-state index contributed by atoms with van der Waals surface area (Å²) < 4.78 is 39.2. The maximum Gasteiger partial charge on any atom is 0.416 e. The first-order valence-electron chi connectivity index (χ1n) is 9.20. The van der Waals surface area contributed by atoms with Crippen molar-refractivity contribution in [2.45, 2.75) is 25.1 Å². The Kier molecular flexibility index (Phi) is 5.18. The number of halogens is 3. The van der Waals surface area contributed by atoms with Gasteiger partial charge in [0.05, 0.1) is 15.8 Å². The lowest BCUT2D eigenvalue weighted by Crippen LogP contribution is -2.38. The maximum atomic E-state index is 12.8. The molecule has 0 aliphatic carbocycles. The number of nitrogens with zero attached hydrogens (tertiary/aromatic N) is 1. The number of nitrogens with two attached hydrogens (primary N) is 1. The van der Waals surface area contributed by atoms with Gasteiger partial charge >= 0.3 is 6.18 Å². The lowest BCUT2D eigenvalue weighted by molar-refractivity contribution is -0.137. The number of thiophene rings is 1. The lowest BCUT2D eigenvalue weighted by Gasteiger charge is -2.24. The molecule has 9 heteroatoms. The summed E-state index contributed by atoms with van der Waals surface area (Å²) >= 11 is 1.32. The van der Waals surface area contributed by atoms with E-state index in [0.29, 0.717) is 21.6 Å². The summed E-state index contributed by atoms with van der Waals surface area (Å²) in [6.07, 6.45) is -0.868. The van der Waals surface area contributed by atoms with Crippen molar-refractivity contribution in [3.05, 3.63) is 47.7 Å². The van der Waals surface area contributed by atoms with E-state index in [0.717, 1.165) is 48.3 Å². The highest BCUT2D eigenvalue weighted by Crippen LogP contribution is 2.39. The Morgan fingerprint density at radius 2 is 2.03 bits per heavy atom. The van der Waals surface area contributed by atoms with Crippen LogP contribution in [0.1, 0.15) is 28.8 Å². The topological polar surface area (TPSA) is 80.0 Å². The van der Waals surface area contributed by atoms with Crippen molar-refractivity contribution in [3.8, 4) is 10.4 Å². The first-order valence-corrected chi connectivity index (χ1v) is 10.0. The fourth-order valence-electron chi connectivity index (χ4n) is 3.45. The van der Waals surface area contributed by atoms with E-state index in [9.17, 15) is 18.0 Å². The van der Waals surface area contributed by atoms with Gasteiger partial charge in [-0.3, -0.25) is 4.79 Å². The average Bonchev–Trinajstić information content (AvgIpc) is 3.14. The van der Waals surface area contributed by atoms with Crippen LogP contribution >= 0.6 is 11.3 Å². The van der Waals surface area contributed by atoms with E-state index in [-0.39, 0.29) is 6.04 Å². The summed E-state index contributed by atoms with van der Waals surface area (Å²) in [4.78, 5) is 17.0. The summed E-state index contributed by atoms with van der Waals surface area (Å²) in [5.74, 6) is 0.0577. The van der Waals surface area contributed by atoms with Gasteiger partial charge in [0.1, 0.15) is 5.82 Å². The van der Waals surface area contributed by atoms with Crippen LogP contribution in [-0.4, -0.2) is 30.0 Å². The molecule has 4 rings (SSSR count). The van der Waals surface area contributed by atoms with Crippen LogP contribution in [0.4, 0.5) is 19.0 Å². The smallest absolute Gasteiger partial charge is 0.366 e. The number of hydrogen-bond donors (Lipinski definition) is 3. The van der Waals surface area contributed by atoms with Gasteiger partial charge in [-0.1, -0.05) is 12.1 Å². The number of rotatable bonds is 4. The SMILES string of the molecule is NC(=O)c1cnc(N[C@H]2CCCNC2)c2cc(-c3ccc(C(F)(F)F)cc3)sc12. The number of aromatic nitrogens is 1. The van der Waals surface area contributed by atoms with Crippen LogP contribution in [0.25, 0.3) is 20.5 Å². The second kappa shape index (κ2) is 7.64. The van der Waals surface area contributed by atoms with Crippen LogP contribution in [-0.2, 0) is 6.18 Å². The first-order chi connectivity index (χ1) is 13.8. The minimum atomic E-state index is -4.38. The van der Waals surface area contributed by atoms with Gasteiger partial charge in [-0.05, 0) is 43.1 Å². The molecular weight excluding hydrogens is 401 g/mol. The summed E-state index contributed by atoms with van der Waals surface area (Å²) in [7, 11) is 0. The molecule has 3 heterocycles. The number of anilines is 1. The zero-order valence-corrected chi connectivity index (χ0v) is 16.2. The molecule has 1 amide bonds. The third-order valence-corrected chi connectivity index (χ3v) is 6.17. The Hall–Kier alpha value is -2.65. The number of nitrogens with one attached hydrogen (secondary N) is 2. The molecule has 0 bridgehead atoms. The van der Waals surface area contributed by atoms with Crippen LogP contribution in [0.2, 0.25) is 0 Å². The second-order valence-corrected chi connectivity index (χ2v) is 8.05. The molecular formula is C20H19F3N4OS. The highest BCUT2D eigenvalue weighted by atomic mass is 32.1. The molecule has 0 unspecified atom stereocenters. The number of benzene rings is 1. The van der Waals surface area contributed by atoms with Crippen molar-refractivity contribution < 1.29 is 18.0 Å². The van der Waals surface area contributed by atoms with Crippen LogP contribution < -0.4 is 16.4 Å². The molecule has 1 atom stereocenters. The molecule has 0 spiro atoms. The molecule has 0 saturated carbocycles. The number of fused-ring (bicyclic) bond motifs is 1. The highest BCUT2D eigenvalue weighted by Gasteiger charge is 2.30. The summed E-state index contributed by atoms with van der Waals surface area (Å²) in [6.45, 7) is 1.80. The Morgan fingerprint density at radius 3 is 2.66 bits per heavy atom. The molecule has 29 heavy (non-hydrogen) atoms. The number of alkyl halides is 3. The predicted octanol–water partition coefficient (Wildman–Crippen LogP) is 4.24. The predicted molar refractivity (Wildman–Crippen MR) is 108 cm³/mol. The third-order valence-electron chi connectivity index (χ3n) is 4.95. The van der Waals surface area contributed by atoms with E-state index in [1.807, 2.05) is 6.07 Å². The van der Waals surface area contributed by atoms with E-state index in [4.69, 9.17) is 5.73 Å². The highest BCUT2D eigenvalue weighted by molar-refractivity contribution is 7.22. The Balaban J connectivity index is 1.75. The van der Waals surface area contributed by atoms with Crippen molar-refractivity contribution in [1.29, 1.82) is 0 Å². The monoisotopic (exact) mass is 420 g/mol. The Labute approximate surface area is 169 Å². The molecule has 152 valence electrons. The molecule has 1 saturated heterocycles. The van der Waals surface area contributed by atoms with Gasteiger partial charge in [-0.25, -0.2) is 4.98 Å². The number of primary amides is 1. The van der Waals surface area contributed by atoms with Crippen molar-refractivity contribution in [2.24, 2.45) is 5.73 Å². The largest absolute Gasteiger partial charge is 0.416 e.